The van der Waals surface area contributed by atoms with Gasteiger partial charge in [-0.2, -0.15) is 4.98 Å². The van der Waals surface area contributed by atoms with Crippen LogP contribution in [0, 0.1) is 5.92 Å². The zero-order chi connectivity index (χ0) is 13.0. The number of halogens is 1. The summed E-state index contributed by atoms with van der Waals surface area (Å²) in [6.45, 7) is 4.31. The molecule has 1 fully saturated rings. The van der Waals surface area contributed by atoms with Crippen LogP contribution in [0.1, 0.15) is 19.8 Å². The van der Waals surface area contributed by atoms with Crippen LogP contribution in [0.5, 0.6) is 6.01 Å². The maximum absolute atomic E-state index is 6.08. The lowest BCUT2D eigenvalue weighted by Gasteiger charge is -2.29. The van der Waals surface area contributed by atoms with Crippen molar-refractivity contribution in [3.63, 3.8) is 0 Å². The van der Waals surface area contributed by atoms with Crippen LogP contribution in [0.15, 0.2) is 6.20 Å². The highest BCUT2D eigenvalue weighted by Gasteiger charge is 2.21. The maximum Gasteiger partial charge on any atom is 0.318 e. The van der Waals surface area contributed by atoms with Gasteiger partial charge in [0.05, 0.1) is 13.3 Å². The van der Waals surface area contributed by atoms with Crippen molar-refractivity contribution in [3.8, 4) is 6.01 Å². The van der Waals surface area contributed by atoms with E-state index in [-0.39, 0.29) is 0 Å². The fraction of sp³-hybridized carbons (Fsp3) is 0.667. The molecule has 5 nitrogen and oxygen atoms in total. The number of hydrogen-bond acceptors (Lipinski definition) is 5. The Hall–Kier alpha value is -1.07. The normalized spacial score (nSPS) is 21.4. The molecule has 2 rings (SSSR count). The van der Waals surface area contributed by atoms with Crippen molar-refractivity contribution in [2.24, 2.45) is 5.92 Å². The van der Waals surface area contributed by atoms with Gasteiger partial charge in [-0.25, -0.2) is 4.98 Å². The third-order valence-corrected chi connectivity index (χ3v) is 3.59. The summed E-state index contributed by atoms with van der Waals surface area (Å²) in [5.74, 6) is 1.23. The Balaban J connectivity index is 2.03. The predicted octanol–water partition coefficient (Wildman–Crippen LogP) is 1.94. The van der Waals surface area contributed by atoms with E-state index in [4.69, 9.17) is 16.3 Å². The van der Waals surface area contributed by atoms with Crippen LogP contribution in [-0.2, 0) is 0 Å². The number of piperidine rings is 1. The third kappa shape index (κ3) is 3.23. The highest BCUT2D eigenvalue weighted by atomic mass is 35.5. The van der Waals surface area contributed by atoms with Crippen molar-refractivity contribution in [2.45, 2.75) is 25.8 Å². The molecule has 0 spiro atoms. The molecule has 100 valence electrons. The summed E-state index contributed by atoms with van der Waals surface area (Å²) in [5, 5.41) is 7.28. The molecule has 0 bridgehead atoms. The van der Waals surface area contributed by atoms with E-state index in [1.807, 2.05) is 0 Å². The van der Waals surface area contributed by atoms with Crippen LogP contribution < -0.4 is 15.4 Å². The zero-order valence-corrected chi connectivity index (χ0v) is 11.5. The van der Waals surface area contributed by atoms with Gasteiger partial charge in [0.25, 0.3) is 0 Å². The Morgan fingerprint density at radius 3 is 3.11 bits per heavy atom. The number of nitrogens with one attached hydrogen (secondary N) is 2. The third-order valence-electron chi connectivity index (χ3n) is 3.31. The highest BCUT2D eigenvalue weighted by molar-refractivity contribution is 6.32. The Bertz CT molecular complexity index is 396. The number of nitrogens with zero attached hydrogens (tertiary/aromatic N) is 2. The molecule has 0 radical (unpaired) electrons. The van der Waals surface area contributed by atoms with Gasteiger partial charge in [0.1, 0.15) is 5.02 Å². The average molecular weight is 271 g/mol. The lowest BCUT2D eigenvalue weighted by molar-refractivity contribution is 0.345. The van der Waals surface area contributed by atoms with E-state index in [1.54, 1.807) is 13.3 Å². The van der Waals surface area contributed by atoms with Crippen LogP contribution in [0.2, 0.25) is 5.02 Å². The summed E-state index contributed by atoms with van der Waals surface area (Å²) < 4.78 is 5.00. The predicted molar refractivity (Wildman–Crippen MR) is 72.3 cm³/mol. The number of aromatic nitrogens is 2. The van der Waals surface area contributed by atoms with Crippen LogP contribution in [0.4, 0.5) is 5.82 Å². The summed E-state index contributed by atoms with van der Waals surface area (Å²) in [6.07, 6.45) is 4.00. The second kappa shape index (κ2) is 6.20. The fourth-order valence-corrected chi connectivity index (χ4v) is 2.34. The topological polar surface area (TPSA) is 59.1 Å². The Labute approximate surface area is 112 Å². The van der Waals surface area contributed by atoms with Crippen LogP contribution in [0.3, 0.4) is 0 Å². The van der Waals surface area contributed by atoms with E-state index in [0.717, 1.165) is 13.1 Å². The van der Waals surface area contributed by atoms with Crippen LogP contribution in [-0.4, -0.2) is 36.2 Å². The summed E-state index contributed by atoms with van der Waals surface area (Å²) in [7, 11) is 1.54. The van der Waals surface area contributed by atoms with E-state index in [9.17, 15) is 0 Å². The van der Waals surface area contributed by atoms with Gasteiger partial charge in [0.2, 0.25) is 0 Å². The molecule has 1 aliphatic rings. The SMILES string of the molecule is COc1ncc(Cl)c(NC(C)C2CCCNC2)n1. The molecule has 0 saturated carbocycles. The largest absolute Gasteiger partial charge is 0.467 e. The number of hydrogen-bond donors (Lipinski definition) is 2. The summed E-state index contributed by atoms with van der Waals surface area (Å²) in [6, 6.07) is 0.644. The molecule has 1 aromatic rings. The molecular weight excluding hydrogens is 252 g/mol. The van der Waals surface area contributed by atoms with Crippen molar-refractivity contribution in [1.82, 2.24) is 15.3 Å². The molecule has 18 heavy (non-hydrogen) atoms. The van der Waals surface area contributed by atoms with Gasteiger partial charge in [-0.15, -0.1) is 0 Å². The van der Waals surface area contributed by atoms with Gasteiger partial charge in [0, 0.05) is 6.04 Å². The summed E-state index contributed by atoms with van der Waals surface area (Å²) in [4.78, 5) is 8.19. The van der Waals surface area contributed by atoms with Gasteiger partial charge < -0.3 is 15.4 Å². The van der Waals surface area contributed by atoms with Crippen molar-refractivity contribution >= 4 is 17.4 Å². The Morgan fingerprint density at radius 2 is 2.44 bits per heavy atom. The van der Waals surface area contributed by atoms with Gasteiger partial charge in [-0.3, -0.25) is 0 Å². The minimum Gasteiger partial charge on any atom is -0.467 e. The first-order chi connectivity index (χ1) is 8.70. The molecule has 6 heteroatoms. The van der Waals surface area contributed by atoms with E-state index >= 15 is 0 Å². The summed E-state index contributed by atoms with van der Waals surface area (Å²) >= 11 is 6.08. The minimum absolute atomic E-state index is 0.315. The van der Waals surface area contributed by atoms with Crippen LogP contribution in [0.25, 0.3) is 0 Å². The molecule has 2 N–H and O–H groups in total. The zero-order valence-electron chi connectivity index (χ0n) is 10.7. The molecule has 1 aliphatic heterocycles. The van der Waals surface area contributed by atoms with Crippen molar-refractivity contribution in [1.29, 1.82) is 0 Å². The number of rotatable bonds is 4. The second-order valence-corrected chi connectivity index (χ2v) is 5.00. The minimum atomic E-state index is 0.315. The lowest BCUT2D eigenvalue weighted by atomic mass is 9.93. The molecule has 0 aliphatic carbocycles. The quantitative estimate of drug-likeness (QED) is 0.876. The van der Waals surface area contributed by atoms with E-state index in [0.29, 0.717) is 28.8 Å². The van der Waals surface area contributed by atoms with Gasteiger partial charge >= 0.3 is 6.01 Å². The molecule has 2 heterocycles. The van der Waals surface area contributed by atoms with Gasteiger partial charge in [-0.05, 0) is 38.8 Å². The average Bonchev–Trinajstić information content (AvgIpc) is 2.42. The Morgan fingerprint density at radius 1 is 1.61 bits per heavy atom. The standard InChI is InChI=1S/C12H19ClN4O/c1-8(9-4-3-5-14-6-9)16-11-10(13)7-15-12(17-11)18-2/h7-9,14H,3-6H2,1-2H3,(H,15,16,17). The smallest absolute Gasteiger partial charge is 0.318 e. The van der Waals surface area contributed by atoms with E-state index in [2.05, 4.69) is 27.5 Å². The molecule has 1 aromatic heterocycles. The first-order valence-corrected chi connectivity index (χ1v) is 6.62. The summed E-state index contributed by atoms with van der Waals surface area (Å²) in [5.41, 5.74) is 0. The molecule has 0 aromatic carbocycles. The van der Waals surface area contributed by atoms with Gasteiger partial charge in [0.15, 0.2) is 5.82 Å². The maximum atomic E-state index is 6.08. The number of methoxy groups -OCH3 is 1. The second-order valence-electron chi connectivity index (χ2n) is 4.59. The lowest BCUT2D eigenvalue weighted by Crippen LogP contribution is -2.39. The molecule has 0 amide bonds. The first-order valence-electron chi connectivity index (χ1n) is 6.24. The number of anilines is 1. The Kier molecular flexibility index (Phi) is 4.60. The monoisotopic (exact) mass is 270 g/mol. The van der Waals surface area contributed by atoms with Gasteiger partial charge in [-0.1, -0.05) is 11.6 Å². The molecular formula is C12H19ClN4O. The van der Waals surface area contributed by atoms with Crippen molar-refractivity contribution in [2.75, 3.05) is 25.5 Å². The van der Waals surface area contributed by atoms with E-state index < -0.39 is 0 Å². The first kappa shape index (κ1) is 13.4. The fourth-order valence-electron chi connectivity index (χ4n) is 2.19. The van der Waals surface area contributed by atoms with Crippen molar-refractivity contribution < 1.29 is 4.74 Å². The molecule has 2 atom stereocenters. The van der Waals surface area contributed by atoms with E-state index in [1.165, 1.54) is 12.8 Å². The molecule has 2 unspecified atom stereocenters. The molecule has 1 saturated heterocycles. The van der Waals surface area contributed by atoms with Crippen molar-refractivity contribution in [3.05, 3.63) is 11.2 Å². The number of ether oxygens (including phenoxy) is 1. The highest BCUT2D eigenvalue weighted by Crippen LogP contribution is 2.24. The van der Waals surface area contributed by atoms with Crippen LogP contribution >= 0.6 is 11.6 Å².